The van der Waals surface area contributed by atoms with E-state index in [0.717, 1.165) is 65.1 Å². The molecule has 220 valence electrons. The number of rotatable bonds is 8. The number of carboxylic acids is 1. The number of aryl methyl sites for hydroxylation is 1. The van der Waals surface area contributed by atoms with Crippen LogP contribution in [0.3, 0.4) is 0 Å². The zero-order chi connectivity index (χ0) is 28.8. The number of ether oxygens (including phenoxy) is 2. The first-order valence-electron chi connectivity index (χ1n) is 14.6. The average molecular weight is 568 g/mol. The van der Waals surface area contributed by atoms with Gasteiger partial charge in [-0.15, -0.1) is 0 Å². The molecule has 0 radical (unpaired) electrons. The number of alkyl halides is 2. The number of methoxy groups -OCH3 is 1. The highest BCUT2D eigenvalue weighted by atomic mass is 19.3. The van der Waals surface area contributed by atoms with Gasteiger partial charge in [-0.05, 0) is 85.9 Å². The Morgan fingerprint density at radius 1 is 1.22 bits per heavy atom. The zero-order valence-corrected chi connectivity index (χ0v) is 23.8. The molecule has 3 heterocycles. The van der Waals surface area contributed by atoms with Crippen molar-refractivity contribution in [3.8, 4) is 5.75 Å². The number of nitrogens with zero attached hydrogens (tertiary/aromatic N) is 1. The van der Waals surface area contributed by atoms with E-state index in [1.165, 1.54) is 0 Å². The van der Waals surface area contributed by atoms with E-state index in [1.807, 2.05) is 18.3 Å². The van der Waals surface area contributed by atoms with E-state index in [2.05, 4.69) is 28.2 Å². The molecule has 3 N–H and O–H groups in total. The summed E-state index contributed by atoms with van der Waals surface area (Å²) >= 11 is 0. The van der Waals surface area contributed by atoms with Crippen molar-refractivity contribution >= 4 is 22.6 Å². The van der Waals surface area contributed by atoms with Gasteiger partial charge in [0.05, 0.1) is 12.7 Å². The highest BCUT2D eigenvalue weighted by molar-refractivity contribution is 5.89. The van der Waals surface area contributed by atoms with Crippen LogP contribution in [0.1, 0.15) is 71.6 Å². The first-order valence-corrected chi connectivity index (χ1v) is 14.6. The Labute approximate surface area is 239 Å². The van der Waals surface area contributed by atoms with Gasteiger partial charge in [-0.2, -0.15) is 0 Å². The molecule has 3 aromatic rings. The maximum atomic E-state index is 14.2. The maximum absolute atomic E-state index is 14.2. The summed E-state index contributed by atoms with van der Waals surface area (Å²) in [6, 6.07) is 9.20. The monoisotopic (exact) mass is 567 g/mol. The lowest BCUT2D eigenvalue weighted by atomic mass is 9.58. The van der Waals surface area contributed by atoms with Gasteiger partial charge in [0.1, 0.15) is 5.75 Å². The largest absolute Gasteiger partial charge is 0.496 e. The van der Waals surface area contributed by atoms with Gasteiger partial charge in [-0.3, -0.25) is 4.90 Å². The topological polar surface area (TPSA) is 86.8 Å². The Kier molecular flexibility index (Phi) is 7.44. The van der Waals surface area contributed by atoms with Crippen LogP contribution >= 0.6 is 0 Å². The van der Waals surface area contributed by atoms with Crippen molar-refractivity contribution in [2.45, 2.75) is 64.0 Å². The first-order chi connectivity index (χ1) is 19.7. The number of aromatic carboxylic acids is 1. The van der Waals surface area contributed by atoms with Crippen LogP contribution in [-0.4, -0.2) is 60.3 Å². The summed E-state index contributed by atoms with van der Waals surface area (Å²) < 4.78 is 39.8. The van der Waals surface area contributed by atoms with Gasteiger partial charge in [0, 0.05) is 73.5 Å². The molecule has 1 saturated carbocycles. The van der Waals surface area contributed by atoms with Crippen LogP contribution in [0.15, 0.2) is 36.5 Å². The fraction of sp³-hybridized carbons (Fsp3) is 0.531. The van der Waals surface area contributed by atoms with Crippen LogP contribution in [0.25, 0.3) is 10.9 Å². The van der Waals surface area contributed by atoms with Gasteiger partial charge in [0.15, 0.2) is 0 Å². The predicted octanol–water partition coefficient (Wildman–Crippen LogP) is 6.77. The van der Waals surface area contributed by atoms with E-state index in [-0.39, 0.29) is 24.4 Å². The maximum Gasteiger partial charge on any atom is 0.335 e. The predicted molar refractivity (Wildman–Crippen MR) is 154 cm³/mol. The lowest BCUT2D eigenvalue weighted by Gasteiger charge is -2.55. The van der Waals surface area contributed by atoms with Gasteiger partial charge in [-0.25, -0.2) is 13.6 Å². The number of aromatic amines is 1. The van der Waals surface area contributed by atoms with Crippen molar-refractivity contribution in [3.63, 3.8) is 0 Å². The molecule has 0 amide bonds. The molecule has 2 aromatic carbocycles. The van der Waals surface area contributed by atoms with Crippen molar-refractivity contribution in [2.75, 3.05) is 38.7 Å². The SMILES string of the molecule is COc1cc(C)c2[nH]ccc2c1CN1CCC2(C[C@@H]1c1ccc(C(=O)O)cc1NCC1CCOCC1)CC(F)(F)C2. The molecule has 1 atom stereocenters. The number of hydrogen-bond acceptors (Lipinski definition) is 5. The number of carboxylic acid groups (broad SMARTS) is 1. The second-order valence-corrected chi connectivity index (χ2v) is 12.3. The minimum absolute atomic E-state index is 0.0850. The van der Waals surface area contributed by atoms with E-state index in [9.17, 15) is 18.7 Å². The summed E-state index contributed by atoms with van der Waals surface area (Å²) in [7, 11) is 1.68. The van der Waals surface area contributed by atoms with Crippen molar-refractivity contribution in [3.05, 3.63) is 58.8 Å². The van der Waals surface area contributed by atoms with E-state index in [1.54, 1.807) is 19.2 Å². The van der Waals surface area contributed by atoms with E-state index >= 15 is 0 Å². The summed E-state index contributed by atoms with van der Waals surface area (Å²) in [6.07, 6.45) is 4.98. The van der Waals surface area contributed by atoms with E-state index in [0.29, 0.717) is 38.4 Å². The standard InChI is InChI=1S/C32H39F2N3O4/c1-20-13-28(40-2)25(23-5-9-35-29(20)23)17-37-10-8-31(18-32(33,34)19-31)15-27(37)24-4-3-22(30(38)39)14-26(24)36-16-21-6-11-41-12-7-21/h3-5,9,13-14,21,27,35-36H,6-8,10-12,15-19H2,1-2H3,(H,38,39)/t27-/m1/s1. The smallest absolute Gasteiger partial charge is 0.335 e. The fourth-order valence-electron chi connectivity index (χ4n) is 7.36. The Balaban J connectivity index is 1.37. The Hall–Kier alpha value is -3.17. The van der Waals surface area contributed by atoms with Crippen molar-refractivity contribution in [1.82, 2.24) is 9.88 Å². The minimum Gasteiger partial charge on any atom is -0.496 e. The van der Waals surface area contributed by atoms with Crippen LogP contribution in [-0.2, 0) is 11.3 Å². The number of aromatic nitrogens is 1. The molecule has 3 fully saturated rings. The summed E-state index contributed by atoms with van der Waals surface area (Å²) in [5.74, 6) is -2.35. The second-order valence-electron chi connectivity index (χ2n) is 12.3. The number of anilines is 1. The molecule has 2 saturated heterocycles. The number of likely N-dealkylation sites (tertiary alicyclic amines) is 1. The molecule has 0 bridgehead atoms. The molecule has 1 spiro atoms. The lowest BCUT2D eigenvalue weighted by Crippen LogP contribution is -2.53. The van der Waals surface area contributed by atoms with Crippen LogP contribution < -0.4 is 10.1 Å². The van der Waals surface area contributed by atoms with E-state index < -0.39 is 17.3 Å². The quantitative estimate of drug-likeness (QED) is 0.278. The number of piperidine rings is 1. The number of hydrogen-bond donors (Lipinski definition) is 3. The minimum atomic E-state index is -2.61. The van der Waals surface area contributed by atoms with Crippen LogP contribution in [0.5, 0.6) is 5.75 Å². The molecule has 41 heavy (non-hydrogen) atoms. The molecule has 1 aromatic heterocycles. The molecule has 9 heteroatoms. The highest BCUT2D eigenvalue weighted by Crippen LogP contribution is 2.61. The van der Waals surface area contributed by atoms with Crippen molar-refractivity contribution < 1.29 is 28.2 Å². The third kappa shape index (κ3) is 5.54. The molecule has 2 aliphatic heterocycles. The van der Waals surface area contributed by atoms with Crippen molar-refractivity contribution in [2.24, 2.45) is 11.3 Å². The van der Waals surface area contributed by atoms with Crippen LogP contribution in [0.2, 0.25) is 0 Å². The van der Waals surface area contributed by atoms with Crippen molar-refractivity contribution in [1.29, 1.82) is 0 Å². The fourth-order valence-corrected chi connectivity index (χ4v) is 7.36. The Morgan fingerprint density at radius 2 is 2.00 bits per heavy atom. The van der Waals surface area contributed by atoms with Gasteiger partial charge < -0.3 is 24.9 Å². The van der Waals surface area contributed by atoms with Crippen LogP contribution in [0, 0.1) is 18.3 Å². The second kappa shape index (κ2) is 10.9. The van der Waals surface area contributed by atoms with Crippen LogP contribution in [0.4, 0.5) is 14.5 Å². The summed E-state index contributed by atoms with van der Waals surface area (Å²) in [5, 5.41) is 14.4. The van der Waals surface area contributed by atoms with Gasteiger partial charge in [-0.1, -0.05) is 6.07 Å². The first kappa shape index (κ1) is 28.0. The number of fused-ring (bicyclic) bond motifs is 1. The zero-order valence-electron chi connectivity index (χ0n) is 23.8. The molecule has 3 aliphatic rings. The third-order valence-corrected chi connectivity index (χ3v) is 9.54. The van der Waals surface area contributed by atoms with Gasteiger partial charge in [0.25, 0.3) is 0 Å². The number of nitrogens with one attached hydrogen (secondary N) is 2. The number of H-pyrrole nitrogens is 1. The normalized spacial score (nSPS) is 22.5. The Morgan fingerprint density at radius 3 is 2.71 bits per heavy atom. The Bertz CT molecular complexity index is 1420. The van der Waals surface area contributed by atoms with E-state index in [4.69, 9.17) is 9.47 Å². The highest BCUT2D eigenvalue weighted by Gasteiger charge is 2.58. The summed E-state index contributed by atoms with van der Waals surface area (Å²) in [6.45, 7) is 5.49. The molecule has 1 aliphatic carbocycles. The number of benzene rings is 2. The molecular weight excluding hydrogens is 528 g/mol. The van der Waals surface area contributed by atoms with Gasteiger partial charge >= 0.3 is 5.97 Å². The van der Waals surface area contributed by atoms with Gasteiger partial charge in [0.2, 0.25) is 5.92 Å². The molecular formula is C32H39F2N3O4. The number of halogens is 2. The molecule has 7 nitrogen and oxygen atoms in total. The molecule has 0 unspecified atom stereocenters. The lowest BCUT2D eigenvalue weighted by molar-refractivity contribution is -0.186. The average Bonchev–Trinajstić information content (AvgIpc) is 3.44. The number of carbonyl (C=O) groups is 1. The molecule has 6 rings (SSSR count). The summed E-state index contributed by atoms with van der Waals surface area (Å²) in [4.78, 5) is 17.6. The summed E-state index contributed by atoms with van der Waals surface area (Å²) in [5.41, 5.74) is 4.77. The third-order valence-electron chi connectivity index (χ3n) is 9.54.